The fourth-order valence-corrected chi connectivity index (χ4v) is 5.71. The molecule has 3 aromatic heterocycles. The van der Waals surface area contributed by atoms with Crippen molar-refractivity contribution < 1.29 is 9.21 Å². The van der Waals surface area contributed by atoms with Gasteiger partial charge >= 0.3 is 0 Å². The minimum absolute atomic E-state index is 0.0940. The molecule has 0 spiro atoms. The van der Waals surface area contributed by atoms with Crippen LogP contribution in [0, 0.1) is 6.92 Å². The number of carbonyl (C=O) groups is 1. The first-order valence-corrected chi connectivity index (χ1v) is 12.7. The van der Waals surface area contributed by atoms with E-state index in [1.807, 2.05) is 42.5 Å². The van der Waals surface area contributed by atoms with Gasteiger partial charge in [0, 0.05) is 11.3 Å². The van der Waals surface area contributed by atoms with Gasteiger partial charge in [-0.05, 0) is 61.0 Å². The number of benzene rings is 2. The lowest BCUT2D eigenvalue weighted by Gasteiger charge is -2.05. The lowest BCUT2D eigenvalue weighted by molar-refractivity contribution is -0.113. The van der Waals surface area contributed by atoms with Crippen LogP contribution in [0.3, 0.4) is 0 Å². The third kappa shape index (κ3) is 5.41. The number of fused-ring (bicyclic) bond motifs is 1. The van der Waals surface area contributed by atoms with E-state index in [0.29, 0.717) is 11.7 Å². The predicted octanol–water partition coefficient (Wildman–Crippen LogP) is 6.06. The molecule has 0 atom stereocenters. The number of carbonyl (C=O) groups excluding carboxylic acids is 1. The van der Waals surface area contributed by atoms with Crippen LogP contribution in [0.2, 0.25) is 0 Å². The summed E-state index contributed by atoms with van der Waals surface area (Å²) in [5, 5.41) is 16.0. The molecule has 0 aliphatic rings. The van der Waals surface area contributed by atoms with Gasteiger partial charge < -0.3 is 15.1 Å². The van der Waals surface area contributed by atoms with E-state index in [0.717, 1.165) is 31.9 Å². The van der Waals surface area contributed by atoms with Crippen LogP contribution in [0.5, 0.6) is 0 Å². The molecule has 0 radical (unpaired) electrons. The van der Waals surface area contributed by atoms with Gasteiger partial charge in [0.2, 0.25) is 11.0 Å². The second kappa shape index (κ2) is 9.74. The number of hydrogen-bond donors (Lipinski definition) is 2. The number of rotatable bonds is 8. The summed E-state index contributed by atoms with van der Waals surface area (Å²) in [7, 11) is 0. The Bertz CT molecular complexity index is 1380. The van der Waals surface area contributed by atoms with Crippen LogP contribution in [-0.4, -0.2) is 26.8 Å². The lowest BCUT2D eigenvalue weighted by atomic mass is 10.2. The van der Waals surface area contributed by atoms with E-state index in [9.17, 15) is 4.79 Å². The van der Waals surface area contributed by atoms with Crippen LogP contribution in [0.4, 0.5) is 10.8 Å². The number of anilines is 2. The summed E-state index contributed by atoms with van der Waals surface area (Å²) in [6, 6.07) is 17.8. The molecule has 0 bridgehead atoms. The van der Waals surface area contributed by atoms with E-state index in [2.05, 4.69) is 39.9 Å². The lowest BCUT2D eigenvalue weighted by Crippen LogP contribution is -2.13. The molecule has 0 aliphatic heterocycles. The van der Waals surface area contributed by atoms with Crippen molar-refractivity contribution in [3.8, 4) is 10.6 Å². The summed E-state index contributed by atoms with van der Waals surface area (Å²) in [4.78, 5) is 17.1. The van der Waals surface area contributed by atoms with Gasteiger partial charge in [-0.25, -0.2) is 4.98 Å². The molecule has 5 rings (SSSR count). The molecule has 7 nitrogen and oxygen atoms in total. The van der Waals surface area contributed by atoms with Crippen molar-refractivity contribution in [3.05, 3.63) is 72.2 Å². The molecule has 0 saturated heterocycles. The van der Waals surface area contributed by atoms with Crippen molar-refractivity contribution in [2.75, 3.05) is 16.4 Å². The number of hydrogen-bond acceptors (Lipinski definition) is 9. The first-order valence-electron chi connectivity index (χ1n) is 10.1. The summed E-state index contributed by atoms with van der Waals surface area (Å²) in [6.45, 7) is 2.62. The van der Waals surface area contributed by atoms with E-state index >= 15 is 0 Å². The highest BCUT2D eigenvalue weighted by Crippen LogP contribution is 2.31. The maximum Gasteiger partial charge on any atom is 0.234 e. The highest BCUT2D eigenvalue weighted by Gasteiger charge is 2.10. The van der Waals surface area contributed by atoms with Crippen LogP contribution < -0.4 is 10.6 Å². The van der Waals surface area contributed by atoms with E-state index in [4.69, 9.17) is 9.40 Å². The number of aryl methyl sites for hydroxylation is 1. The van der Waals surface area contributed by atoms with E-state index < -0.39 is 0 Å². The number of furan rings is 1. The van der Waals surface area contributed by atoms with Crippen molar-refractivity contribution >= 4 is 61.4 Å². The second-order valence-electron chi connectivity index (χ2n) is 7.21. The first kappa shape index (κ1) is 21.6. The Balaban J connectivity index is 1.13. The van der Waals surface area contributed by atoms with Gasteiger partial charge in [-0.2, -0.15) is 0 Å². The molecule has 0 fully saturated rings. The molecule has 5 aromatic rings. The third-order valence-corrected chi connectivity index (χ3v) is 7.77. The molecule has 0 unspecified atom stereocenters. The largest absolute Gasteiger partial charge is 0.467 e. The molecule has 1 amide bonds. The average Bonchev–Trinajstić information content (AvgIpc) is 3.57. The number of nitrogens with one attached hydrogen (secondary N) is 2. The highest BCUT2D eigenvalue weighted by atomic mass is 32.2. The van der Waals surface area contributed by atoms with Gasteiger partial charge in [0.1, 0.15) is 10.8 Å². The summed E-state index contributed by atoms with van der Waals surface area (Å²) < 4.78 is 7.19. The smallest absolute Gasteiger partial charge is 0.234 e. The first-order chi connectivity index (χ1) is 16.1. The van der Waals surface area contributed by atoms with E-state index in [1.165, 1.54) is 33.4 Å². The fourth-order valence-electron chi connectivity index (χ4n) is 3.09. The zero-order chi connectivity index (χ0) is 22.6. The monoisotopic (exact) mass is 493 g/mol. The molecule has 33 heavy (non-hydrogen) atoms. The highest BCUT2D eigenvalue weighted by molar-refractivity contribution is 8.01. The summed E-state index contributed by atoms with van der Waals surface area (Å²) in [6.07, 6.45) is 1.63. The summed E-state index contributed by atoms with van der Waals surface area (Å²) in [5.74, 6) is 0.984. The molecule has 2 N–H and O–H groups in total. The Morgan fingerprint density at radius 2 is 1.97 bits per heavy atom. The Kier molecular flexibility index (Phi) is 6.38. The Morgan fingerprint density at radius 3 is 2.79 bits per heavy atom. The van der Waals surface area contributed by atoms with E-state index in [-0.39, 0.29) is 11.7 Å². The number of amides is 1. The van der Waals surface area contributed by atoms with Crippen LogP contribution >= 0.6 is 34.4 Å². The van der Waals surface area contributed by atoms with Gasteiger partial charge in [0.05, 0.1) is 28.8 Å². The quantitative estimate of drug-likeness (QED) is 0.254. The number of nitrogens with zero attached hydrogens (tertiary/aromatic N) is 3. The number of aromatic nitrogens is 3. The molecular weight excluding hydrogens is 474 g/mol. The van der Waals surface area contributed by atoms with Crippen molar-refractivity contribution in [1.29, 1.82) is 0 Å². The predicted molar refractivity (Wildman–Crippen MR) is 135 cm³/mol. The second-order valence-corrected chi connectivity index (χ2v) is 10.4. The zero-order valence-corrected chi connectivity index (χ0v) is 20.0. The van der Waals surface area contributed by atoms with Crippen molar-refractivity contribution in [2.45, 2.75) is 17.8 Å². The molecule has 0 aliphatic carbocycles. The standard InChI is InChI=1S/C23H19N5O2S3/c1-14-4-9-18-19(11-14)32-21(26-18)15-5-7-16(8-6-15)25-20(29)13-31-23-28-27-22(33-23)24-12-17-3-2-10-30-17/h2-11H,12-13H2,1H3,(H,24,27)(H,25,29). The molecule has 2 aromatic carbocycles. The molecule has 3 heterocycles. The summed E-state index contributed by atoms with van der Waals surface area (Å²) in [5.41, 5.74) is 4.01. The van der Waals surface area contributed by atoms with Crippen LogP contribution in [0.1, 0.15) is 11.3 Å². The van der Waals surface area contributed by atoms with Gasteiger partial charge in [0.25, 0.3) is 0 Å². The van der Waals surface area contributed by atoms with E-state index in [1.54, 1.807) is 17.6 Å². The number of thiazole rings is 1. The maximum absolute atomic E-state index is 12.4. The van der Waals surface area contributed by atoms with Crippen molar-refractivity contribution in [3.63, 3.8) is 0 Å². The van der Waals surface area contributed by atoms with Crippen LogP contribution in [-0.2, 0) is 11.3 Å². The van der Waals surface area contributed by atoms with Crippen molar-refractivity contribution in [2.24, 2.45) is 0 Å². The van der Waals surface area contributed by atoms with Crippen molar-refractivity contribution in [1.82, 2.24) is 15.2 Å². The zero-order valence-electron chi connectivity index (χ0n) is 17.6. The number of thioether (sulfide) groups is 1. The van der Waals surface area contributed by atoms with Gasteiger partial charge in [0.15, 0.2) is 4.34 Å². The average molecular weight is 494 g/mol. The van der Waals surface area contributed by atoms with Crippen LogP contribution in [0.25, 0.3) is 20.8 Å². The molecule has 10 heteroatoms. The maximum atomic E-state index is 12.4. The van der Waals surface area contributed by atoms with Gasteiger partial charge in [-0.1, -0.05) is 29.2 Å². The topological polar surface area (TPSA) is 92.9 Å². The fraction of sp³-hybridized carbons (Fsp3) is 0.130. The normalized spacial score (nSPS) is 11.1. The third-order valence-electron chi connectivity index (χ3n) is 4.69. The Hall–Kier alpha value is -3.21. The molecule has 0 saturated carbocycles. The van der Waals surface area contributed by atoms with Crippen LogP contribution in [0.15, 0.2) is 69.6 Å². The van der Waals surface area contributed by atoms with Gasteiger partial charge in [-0.15, -0.1) is 21.5 Å². The molecule has 166 valence electrons. The SMILES string of the molecule is Cc1ccc2nc(-c3ccc(NC(=O)CSc4nnc(NCc5ccco5)s4)cc3)sc2c1. The minimum atomic E-state index is -0.0940. The Labute approximate surface area is 202 Å². The van der Waals surface area contributed by atoms with Gasteiger partial charge in [-0.3, -0.25) is 4.79 Å². The Morgan fingerprint density at radius 1 is 1.09 bits per heavy atom. The molecular formula is C23H19N5O2S3. The summed E-state index contributed by atoms with van der Waals surface area (Å²) >= 11 is 4.43. The minimum Gasteiger partial charge on any atom is -0.467 e.